The maximum atomic E-state index is 8.10. The zero-order valence-corrected chi connectivity index (χ0v) is 12.6. The zero-order valence-electron chi connectivity index (χ0n) is 12.6. The fourth-order valence-electron chi connectivity index (χ4n) is 2.84. The minimum absolute atomic E-state index is 0.571. The van der Waals surface area contributed by atoms with Crippen LogP contribution in [0.1, 0.15) is 27.8 Å². The summed E-state index contributed by atoms with van der Waals surface area (Å²) in [5.41, 5.74) is 7.67. The van der Waals surface area contributed by atoms with E-state index in [0.29, 0.717) is 5.36 Å². The van der Waals surface area contributed by atoms with E-state index in [2.05, 4.69) is 32.9 Å². The van der Waals surface area contributed by atoms with E-state index in [4.69, 9.17) is 9.83 Å². The predicted octanol–water partition coefficient (Wildman–Crippen LogP) is 4.56. The molecule has 3 rings (SSSR count). The summed E-state index contributed by atoms with van der Waals surface area (Å²) in [6, 6.07) is 6.39. The van der Waals surface area contributed by atoms with Crippen LogP contribution in [-0.4, -0.2) is 0 Å². The van der Waals surface area contributed by atoms with Crippen molar-refractivity contribution in [1.82, 2.24) is 0 Å². The van der Waals surface area contributed by atoms with Crippen LogP contribution in [-0.2, 0) is 0 Å². The van der Waals surface area contributed by atoms with E-state index in [1.165, 1.54) is 16.7 Å². The highest BCUT2D eigenvalue weighted by Crippen LogP contribution is 2.33. The molecule has 1 aromatic rings. The summed E-state index contributed by atoms with van der Waals surface area (Å²) in [6.07, 6.45) is 0. The molecule has 20 heavy (non-hydrogen) atoms. The quantitative estimate of drug-likeness (QED) is 0.594. The third kappa shape index (κ3) is 1.68. The molecule has 1 heterocycles. The van der Waals surface area contributed by atoms with Gasteiger partial charge in [0, 0.05) is 16.5 Å². The van der Waals surface area contributed by atoms with E-state index in [1.807, 2.05) is 19.9 Å². The number of benzene rings is 2. The van der Waals surface area contributed by atoms with Crippen molar-refractivity contribution in [2.24, 2.45) is 0 Å². The van der Waals surface area contributed by atoms with Gasteiger partial charge in [0.25, 0.3) is 0 Å². The second-order valence-corrected chi connectivity index (χ2v) is 5.72. The van der Waals surface area contributed by atoms with Crippen LogP contribution in [0.4, 0.5) is 0 Å². The Morgan fingerprint density at radius 3 is 2.20 bits per heavy atom. The fraction of sp³-hybridized carbons (Fsp3) is 0.278. The molecule has 1 N–H and O–H groups in total. The predicted molar refractivity (Wildman–Crippen MR) is 82.4 cm³/mol. The van der Waals surface area contributed by atoms with Gasteiger partial charge in [-0.15, -0.1) is 0 Å². The minimum atomic E-state index is 0.571. The van der Waals surface area contributed by atoms with Crippen molar-refractivity contribution in [3.05, 3.63) is 51.4 Å². The first-order valence-electron chi connectivity index (χ1n) is 6.89. The van der Waals surface area contributed by atoms with Gasteiger partial charge in [0.05, 0.1) is 5.36 Å². The van der Waals surface area contributed by atoms with Gasteiger partial charge in [0.1, 0.15) is 11.3 Å². The first kappa shape index (κ1) is 12.9. The lowest BCUT2D eigenvalue weighted by molar-refractivity contribution is 0.610. The molecule has 0 unspecified atom stereocenters. The molecule has 1 aliphatic carbocycles. The van der Waals surface area contributed by atoms with Crippen LogP contribution in [0.3, 0.4) is 0 Å². The summed E-state index contributed by atoms with van der Waals surface area (Å²) >= 11 is 0. The molecular formula is C18H19NO. The van der Waals surface area contributed by atoms with Gasteiger partial charge in [-0.1, -0.05) is 0 Å². The summed E-state index contributed by atoms with van der Waals surface area (Å²) in [7, 11) is 0. The molecule has 0 radical (unpaired) electrons. The van der Waals surface area contributed by atoms with Crippen molar-refractivity contribution in [2.75, 3.05) is 0 Å². The standard InChI is InChI=1S/C18H19NO/c1-9-6-14-8-15-7-10(2)16(19)13(5)18(15)20-17(14)12(4)11(9)3/h6-8,19H,1-5H3. The second-order valence-electron chi connectivity index (χ2n) is 5.72. The van der Waals surface area contributed by atoms with Crippen molar-refractivity contribution in [3.63, 3.8) is 0 Å². The molecule has 0 spiro atoms. The topological polar surface area (TPSA) is 37.0 Å². The Morgan fingerprint density at radius 1 is 0.800 bits per heavy atom. The Morgan fingerprint density at radius 2 is 1.50 bits per heavy atom. The molecule has 0 bridgehead atoms. The molecule has 0 amide bonds. The van der Waals surface area contributed by atoms with Gasteiger partial charge in [-0.05, 0) is 75.1 Å². The molecule has 1 aromatic carbocycles. The molecule has 0 aromatic heterocycles. The van der Waals surface area contributed by atoms with Gasteiger partial charge < -0.3 is 9.83 Å². The molecule has 1 aliphatic heterocycles. The molecule has 102 valence electrons. The van der Waals surface area contributed by atoms with Crippen LogP contribution in [0.5, 0.6) is 0 Å². The Labute approximate surface area is 118 Å². The summed E-state index contributed by atoms with van der Waals surface area (Å²) in [5.74, 6) is 0.833. The first-order chi connectivity index (χ1) is 9.40. The van der Waals surface area contributed by atoms with Gasteiger partial charge in [0.15, 0.2) is 0 Å². The van der Waals surface area contributed by atoms with E-state index in [-0.39, 0.29) is 0 Å². The lowest BCUT2D eigenvalue weighted by Crippen LogP contribution is -2.11. The van der Waals surface area contributed by atoms with Crippen LogP contribution in [0.2, 0.25) is 0 Å². The van der Waals surface area contributed by atoms with Crippen LogP contribution < -0.4 is 5.36 Å². The number of rotatable bonds is 0. The number of hydrogen-bond donors (Lipinski definition) is 1. The smallest absolute Gasteiger partial charge is 0.139 e. The Bertz CT molecular complexity index is 871. The SMILES string of the molecule is Cc1cc2cc3cc(C)c(=N)c(C)c-3oc2c(C)c1C. The normalized spacial score (nSPS) is 11.4. The summed E-state index contributed by atoms with van der Waals surface area (Å²) in [5, 5.41) is 9.81. The first-order valence-corrected chi connectivity index (χ1v) is 6.89. The number of fused-ring (bicyclic) bond motifs is 2. The largest absolute Gasteiger partial charge is 0.455 e. The van der Waals surface area contributed by atoms with Gasteiger partial charge in [0.2, 0.25) is 0 Å². The van der Waals surface area contributed by atoms with Crippen molar-refractivity contribution in [1.29, 1.82) is 5.41 Å². The molecule has 2 nitrogen and oxygen atoms in total. The van der Waals surface area contributed by atoms with Gasteiger partial charge >= 0.3 is 0 Å². The van der Waals surface area contributed by atoms with Gasteiger partial charge in [-0.2, -0.15) is 0 Å². The lowest BCUT2D eigenvalue weighted by atomic mass is 9.96. The average molecular weight is 265 g/mol. The van der Waals surface area contributed by atoms with E-state index in [1.54, 1.807) is 0 Å². The maximum Gasteiger partial charge on any atom is 0.139 e. The molecule has 2 aliphatic rings. The Hall–Kier alpha value is -2.09. The molecular weight excluding hydrogens is 246 g/mol. The van der Waals surface area contributed by atoms with Crippen LogP contribution in [0, 0.1) is 40.0 Å². The van der Waals surface area contributed by atoms with Crippen molar-refractivity contribution in [3.8, 4) is 11.3 Å². The fourth-order valence-corrected chi connectivity index (χ4v) is 2.84. The van der Waals surface area contributed by atoms with E-state index >= 15 is 0 Å². The van der Waals surface area contributed by atoms with Crippen LogP contribution in [0.25, 0.3) is 22.3 Å². The van der Waals surface area contributed by atoms with Gasteiger partial charge in [-0.25, -0.2) is 0 Å². The Balaban J connectivity index is 2.55. The molecule has 0 saturated carbocycles. The average Bonchev–Trinajstić information content (AvgIpc) is 2.41. The van der Waals surface area contributed by atoms with Crippen LogP contribution in [0.15, 0.2) is 22.6 Å². The number of aryl methyl sites for hydroxylation is 3. The highest BCUT2D eigenvalue weighted by molar-refractivity contribution is 5.87. The molecule has 0 saturated heterocycles. The van der Waals surface area contributed by atoms with E-state index in [9.17, 15) is 0 Å². The van der Waals surface area contributed by atoms with E-state index in [0.717, 1.165) is 33.4 Å². The second kappa shape index (κ2) is 4.20. The third-order valence-corrected chi connectivity index (χ3v) is 4.39. The molecule has 0 fully saturated rings. The third-order valence-electron chi connectivity index (χ3n) is 4.39. The van der Waals surface area contributed by atoms with Crippen molar-refractivity contribution in [2.45, 2.75) is 34.6 Å². The highest BCUT2D eigenvalue weighted by atomic mass is 16.3. The zero-order chi connectivity index (χ0) is 14.6. The molecule has 2 heteroatoms. The summed E-state index contributed by atoms with van der Waals surface area (Å²) < 4.78 is 6.16. The maximum absolute atomic E-state index is 8.10. The minimum Gasteiger partial charge on any atom is -0.455 e. The highest BCUT2D eigenvalue weighted by Gasteiger charge is 2.15. The summed E-state index contributed by atoms with van der Waals surface area (Å²) in [4.78, 5) is 0. The van der Waals surface area contributed by atoms with Crippen molar-refractivity contribution >= 4 is 11.0 Å². The monoisotopic (exact) mass is 265 g/mol. The molecule has 0 atom stereocenters. The van der Waals surface area contributed by atoms with Crippen LogP contribution >= 0.6 is 0 Å². The van der Waals surface area contributed by atoms with Gasteiger partial charge in [-0.3, -0.25) is 0 Å². The Kier molecular flexibility index (Phi) is 2.72. The number of hydrogen-bond acceptors (Lipinski definition) is 2. The van der Waals surface area contributed by atoms with Crippen molar-refractivity contribution < 1.29 is 4.42 Å². The van der Waals surface area contributed by atoms with E-state index < -0.39 is 0 Å². The summed E-state index contributed by atoms with van der Waals surface area (Å²) in [6.45, 7) is 10.3. The lowest BCUT2D eigenvalue weighted by Gasteiger charge is -2.15. The number of nitrogens with one attached hydrogen (secondary N) is 1.